The molecule has 0 spiro atoms. The van der Waals surface area contributed by atoms with Crippen LogP contribution in [-0.2, 0) is 0 Å². The Hall–Kier alpha value is -1.66. The van der Waals surface area contributed by atoms with Crippen molar-refractivity contribution >= 4 is 11.7 Å². The average molecular weight is 253 g/mol. The molecule has 6 heteroatoms. The third-order valence-electron chi connectivity index (χ3n) is 2.31. The summed E-state index contributed by atoms with van der Waals surface area (Å²) < 4.78 is 0. The van der Waals surface area contributed by atoms with Crippen LogP contribution in [0.3, 0.4) is 0 Å². The number of likely N-dealkylation sites (N-methyl/N-ethyl adjacent to an activating group) is 1. The van der Waals surface area contributed by atoms with Gasteiger partial charge in [-0.1, -0.05) is 0 Å². The molecule has 1 atom stereocenters. The molecule has 100 valence electrons. The highest BCUT2D eigenvalue weighted by atomic mass is 16.4. The fraction of sp³-hybridized carbons (Fsp3) is 0.500. The van der Waals surface area contributed by atoms with E-state index in [2.05, 4.69) is 10.3 Å². The first-order chi connectivity index (χ1) is 8.30. The summed E-state index contributed by atoms with van der Waals surface area (Å²) in [5.74, 6) is -1.07. The van der Waals surface area contributed by atoms with Gasteiger partial charge >= 0.3 is 5.97 Å². The third-order valence-corrected chi connectivity index (χ3v) is 2.31. The summed E-state index contributed by atoms with van der Waals surface area (Å²) in [5.41, 5.74) is -0.287. The van der Waals surface area contributed by atoms with Gasteiger partial charge in [-0.3, -0.25) is 0 Å². The minimum atomic E-state index is -1.07. The Kier molecular flexibility index (Phi) is 4.63. The van der Waals surface area contributed by atoms with E-state index in [0.717, 1.165) is 0 Å². The summed E-state index contributed by atoms with van der Waals surface area (Å²) in [6.07, 6.45) is 1.42. The number of carboxylic acids is 1. The normalized spacial score (nSPS) is 14.3. The molecule has 18 heavy (non-hydrogen) atoms. The molecule has 0 aromatic carbocycles. The Labute approximate surface area is 106 Å². The summed E-state index contributed by atoms with van der Waals surface area (Å²) in [4.78, 5) is 16.4. The Bertz CT molecular complexity index is 419. The maximum atomic E-state index is 10.8. The van der Waals surface area contributed by atoms with E-state index in [9.17, 15) is 9.90 Å². The molecule has 1 unspecified atom stereocenters. The van der Waals surface area contributed by atoms with Crippen molar-refractivity contribution in [3.8, 4) is 0 Å². The molecule has 0 saturated heterocycles. The van der Waals surface area contributed by atoms with Crippen molar-refractivity contribution in [3.63, 3.8) is 0 Å². The largest absolute Gasteiger partial charge is 0.477 e. The van der Waals surface area contributed by atoms with E-state index in [1.807, 2.05) is 19.0 Å². The maximum absolute atomic E-state index is 10.8. The Morgan fingerprint density at radius 3 is 2.78 bits per heavy atom. The zero-order chi connectivity index (χ0) is 13.8. The van der Waals surface area contributed by atoms with Crippen LogP contribution in [0.4, 0.5) is 5.69 Å². The third kappa shape index (κ3) is 4.68. The van der Waals surface area contributed by atoms with Crippen LogP contribution in [0.2, 0.25) is 0 Å². The van der Waals surface area contributed by atoms with Crippen LogP contribution >= 0.6 is 0 Å². The van der Waals surface area contributed by atoms with Gasteiger partial charge in [-0.25, -0.2) is 9.78 Å². The monoisotopic (exact) mass is 253 g/mol. The number of nitrogens with zero attached hydrogens (tertiary/aromatic N) is 2. The van der Waals surface area contributed by atoms with Crippen molar-refractivity contribution in [2.75, 3.05) is 32.5 Å². The van der Waals surface area contributed by atoms with Gasteiger partial charge in [0.2, 0.25) is 0 Å². The molecule has 0 radical (unpaired) electrons. The lowest BCUT2D eigenvalue weighted by Crippen LogP contribution is -2.43. The van der Waals surface area contributed by atoms with E-state index in [0.29, 0.717) is 18.8 Å². The topological polar surface area (TPSA) is 85.7 Å². The molecule has 0 amide bonds. The summed E-state index contributed by atoms with van der Waals surface area (Å²) >= 11 is 0. The smallest absolute Gasteiger partial charge is 0.354 e. The van der Waals surface area contributed by atoms with Crippen LogP contribution in [-0.4, -0.2) is 58.9 Å². The molecule has 0 aliphatic carbocycles. The molecule has 0 aliphatic rings. The minimum Gasteiger partial charge on any atom is -0.477 e. The van der Waals surface area contributed by atoms with Gasteiger partial charge in [0.25, 0.3) is 0 Å². The highest BCUT2D eigenvalue weighted by Gasteiger charge is 2.21. The van der Waals surface area contributed by atoms with E-state index < -0.39 is 11.6 Å². The zero-order valence-electron chi connectivity index (χ0n) is 10.8. The SMILES string of the molecule is CN(C)CC(C)(O)CNc1ccnc(C(=O)O)c1. The number of anilines is 1. The highest BCUT2D eigenvalue weighted by molar-refractivity contribution is 5.86. The standard InChI is InChI=1S/C12H19N3O3/c1-12(18,8-15(2)3)7-14-9-4-5-13-10(6-9)11(16)17/h4-6,18H,7-8H2,1-3H3,(H,13,14)(H,16,17). The predicted molar refractivity (Wildman–Crippen MR) is 68.9 cm³/mol. The summed E-state index contributed by atoms with van der Waals surface area (Å²) in [6.45, 7) is 2.56. The maximum Gasteiger partial charge on any atom is 0.354 e. The molecule has 0 fully saturated rings. The van der Waals surface area contributed by atoms with Gasteiger partial charge in [-0.2, -0.15) is 0 Å². The first-order valence-corrected chi connectivity index (χ1v) is 5.60. The molecule has 0 bridgehead atoms. The lowest BCUT2D eigenvalue weighted by molar-refractivity contribution is 0.0460. The van der Waals surface area contributed by atoms with Crippen molar-refractivity contribution in [1.82, 2.24) is 9.88 Å². The molecule has 3 N–H and O–H groups in total. The van der Waals surface area contributed by atoms with Crippen LogP contribution in [0.25, 0.3) is 0 Å². The van der Waals surface area contributed by atoms with E-state index in [1.165, 1.54) is 12.3 Å². The highest BCUT2D eigenvalue weighted by Crippen LogP contribution is 2.11. The molecule has 0 saturated carbocycles. The summed E-state index contributed by atoms with van der Waals surface area (Å²) in [5, 5.41) is 21.9. The molecule has 0 aliphatic heterocycles. The van der Waals surface area contributed by atoms with Crippen molar-refractivity contribution in [2.45, 2.75) is 12.5 Å². The molecule has 6 nitrogen and oxygen atoms in total. The molecular formula is C12H19N3O3. The second-order valence-corrected chi connectivity index (χ2v) is 4.82. The van der Waals surface area contributed by atoms with Crippen LogP contribution < -0.4 is 5.32 Å². The van der Waals surface area contributed by atoms with E-state index in [-0.39, 0.29) is 5.69 Å². The number of nitrogens with one attached hydrogen (secondary N) is 1. The predicted octanol–water partition coefficient (Wildman–Crippen LogP) is 0.504. The molecule has 1 aromatic rings. The first kappa shape index (κ1) is 14.4. The number of aromatic nitrogens is 1. The molecular weight excluding hydrogens is 234 g/mol. The summed E-state index contributed by atoms with van der Waals surface area (Å²) in [6, 6.07) is 3.10. The van der Waals surface area contributed by atoms with E-state index >= 15 is 0 Å². The lowest BCUT2D eigenvalue weighted by atomic mass is 10.1. The van der Waals surface area contributed by atoms with Gasteiger partial charge in [0.1, 0.15) is 5.69 Å². The molecule has 1 rings (SSSR count). The van der Waals surface area contributed by atoms with Crippen LogP contribution in [0, 0.1) is 0 Å². The van der Waals surface area contributed by atoms with Gasteiger partial charge in [0.15, 0.2) is 0 Å². The fourth-order valence-corrected chi connectivity index (χ4v) is 1.69. The number of rotatable bonds is 6. The number of carboxylic acid groups (broad SMARTS) is 1. The molecule has 1 aromatic heterocycles. The van der Waals surface area contributed by atoms with Crippen LogP contribution in [0.15, 0.2) is 18.3 Å². The average Bonchev–Trinajstić information content (AvgIpc) is 2.25. The number of aliphatic hydroxyl groups is 1. The van der Waals surface area contributed by atoms with Crippen LogP contribution in [0.1, 0.15) is 17.4 Å². The number of carbonyl (C=O) groups is 1. The summed E-state index contributed by atoms with van der Waals surface area (Å²) in [7, 11) is 3.76. The second-order valence-electron chi connectivity index (χ2n) is 4.82. The lowest BCUT2D eigenvalue weighted by Gasteiger charge is -2.27. The van der Waals surface area contributed by atoms with Crippen molar-refractivity contribution < 1.29 is 15.0 Å². The zero-order valence-corrected chi connectivity index (χ0v) is 10.8. The van der Waals surface area contributed by atoms with E-state index in [1.54, 1.807) is 13.0 Å². The number of pyridine rings is 1. The van der Waals surface area contributed by atoms with Gasteiger partial charge in [0, 0.05) is 25.0 Å². The van der Waals surface area contributed by atoms with E-state index in [4.69, 9.17) is 5.11 Å². The van der Waals surface area contributed by atoms with Gasteiger partial charge in [-0.15, -0.1) is 0 Å². The first-order valence-electron chi connectivity index (χ1n) is 5.60. The number of aromatic carboxylic acids is 1. The Balaban J connectivity index is 2.63. The van der Waals surface area contributed by atoms with Crippen LogP contribution in [0.5, 0.6) is 0 Å². The Morgan fingerprint density at radius 1 is 1.56 bits per heavy atom. The van der Waals surface area contributed by atoms with Crippen molar-refractivity contribution in [3.05, 3.63) is 24.0 Å². The van der Waals surface area contributed by atoms with Gasteiger partial charge in [0.05, 0.1) is 5.60 Å². The number of hydrogen-bond donors (Lipinski definition) is 3. The van der Waals surface area contributed by atoms with Crippen molar-refractivity contribution in [2.24, 2.45) is 0 Å². The van der Waals surface area contributed by atoms with Gasteiger partial charge in [-0.05, 0) is 33.2 Å². The minimum absolute atomic E-state index is 0.0211. The quantitative estimate of drug-likeness (QED) is 0.684. The second kappa shape index (κ2) is 5.79. The molecule has 1 heterocycles. The fourth-order valence-electron chi connectivity index (χ4n) is 1.69. The Morgan fingerprint density at radius 2 is 2.22 bits per heavy atom. The van der Waals surface area contributed by atoms with Gasteiger partial charge < -0.3 is 20.4 Å². The van der Waals surface area contributed by atoms with Crippen molar-refractivity contribution in [1.29, 1.82) is 0 Å². The number of hydrogen-bond acceptors (Lipinski definition) is 5.